The number of imidazole rings is 1. The van der Waals surface area contributed by atoms with Gasteiger partial charge in [-0.25, -0.2) is 4.98 Å². The van der Waals surface area contributed by atoms with Crippen LogP contribution in [0.15, 0.2) is 24.3 Å². The summed E-state index contributed by atoms with van der Waals surface area (Å²) in [5, 5.41) is 3.31. The summed E-state index contributed by atoms with van der Waals surface area (Å²) in [7, 11) is 0. The highest BCUT2D eigenvalue weighted by molar-refractivity contribution is 5.83. The smallest absolute Gasteiger partial charge is 0.242 e. The Bertz CT molecular complexity index is 601. The number of hydrogen-bond acceptors (Lipinski definition) is 3. The Balaban J connectivity index is 2.33. The first-order valence-electron chi connectivity index (χ1n) is 7.68. The number of nitrogens with one attached hydrogen (secondary N) is 1. The van der Waals surface area contributed by atoms with E-state index >= 15 is 0 Å². The minimum Gasteiger partial charge on any atom is -0.356 e. The third-order valence-corrected chi connectivity index (χ3v) is 3.60. The SMILES string of the molecule is CCCNc1nc2ccccc2n1CC(=O)N(CC)CC. The summed E-state index contributed by atoms with van der Waals surface area (Å²) < 4.78 is 1.98. The molecule has 0 bridgehead atoms. The third kappa shape index (κ3) is 3.35. The molecule has 1 N–H and O–H groups in total. The molecule has 1 heterocycles. The largest absolute Gasteiger partial charge is 0.356 e. The van der Waals surface area contributed by atoms with Crippen LogP contribution in [0.2, 0.25) is 0 Å². The molecule has 114 valence electrons. The number of fused-ring (bicyclic) bond motifs is 1. The van der Waals surface area contributed by atoms with E-state index in [1.54, 1.807) is 0 Å². The van der Waals surface area contributed by atoms with Crippen LogP contribution in [0, 0.1) is 0 Å². The average Bonchev–Trinajstić information content (AvgIpc) is 2.84. The van der Waals surface area contributed by atoms with Crippen LogP contribution in [0.25, 0.3) is 11.0 Å². The van der Waals surface area contributed by atoms with Crippen LogP contribution in [0.4, 0.5) is 5.95 Å². The molecule has 2 aromatic rings. The maximum absolute atomic E-state index is 12.4. The van der Waals surface area contributed by atoms with Crippen molar-refractivity contribution >= 4 is 22.9 Å². The second kappa shape index (κ2) is 7.11. The predicted molar refractivity (Wildman–Crippen MR) is 86.4 cm³/mol. The number of amides is 1. The molecule has 0 fully saturated rings. The lowest BCUT2D eigenvalue weighted by Gasteiger charge is -2.20. The normalized spacial score (nSPS) is 10.8. The molecule has 0 saturated carbocycles. The van der Waals surface area contributed by atoms with Crippen molar-refractivity contribution in [3.8, 4) is 0 Å². The van der Waals surface area contributed by atoms with Crippen molar-refractivity contribution in [2.24, 2.45) is 0 Å². The summed E-state index contributed by atoms with van der Waals surface area (Å²) in [5.74, 6) is 0.904. The Labute approximate surface area is 126 Å². The Hall–Kier alpha value is -2.04. The number of aromatic nitrogens is 2. The van der Waals surface area contributed by atoms with E-state index in [1.807, 2.05) is 47.6 Å². The van der Waals surface area contributed by atoms with E-state index < -0.39 is 0 Å². The van der Waals surface area contributed by atoms with Gasteiger partial charge in [0.05, 0.1) is 11.0 Å². The fraction of sp³-hybridized carbons (Fsp3) is 0.500. The van der Waals surface area contributed by atoms with Gasteiger partial charge < -0.3 is 14.8 Å². The van der Waals surface area contributed by atoms with E-state index in [0.29, 0.717) is 6.54 Å². The second-order valence-corrected chi connectivity index (χ2v) is 5.00. The lowest BCUT2D eigenvalue weighted by Crippen LogP contribution is -2.33. The monoisotopic (exact) mass is 288 g/mol. The van der Waals surface area contributed by atoms with E-state index in [9.17, 15) is 4.79 Å². The van der Waals surface area contributed by atoms with Gasteiger partial charge in [0.2, 0.25) is 11.9 Å². The highest BCUT2D eigenvalue weighted by Gasteiger charge is 2.16. The van der Waals surface area contributed by atoms with Gasteiger partial charge in [-0.2, -0.15) is 0 Å². The molecule has 0 radical (unpaired) electrons. The van der Waals surface area contributed by atoms with Crippen LogP contribution in [-0.2, 0) is 11.3 Å². The van der Waals surface area contributed by atoms with Gasteiger partial charge in [-0.3, -0.25) is 4.79 Å². The Kier molecular flexibility index (Phi) is 5.20. The molecule has 1 amide bonds. The molecular formula is C16H24N4O. The summed E-state index contributed by atoms with van der Waals surface area (Å²) >= 11 is 0. The van der Waals surface area contributed by atoms with Crippen molar-refractivity contribution in [2.45, 2.75) is 33.7 Å². The average molecular weight is 288 g/mol. The standard InChI is InChI=1S/C16H24N4O/c1-4-11-17-16-18-13-9-7-8-10-14(13)20(16)12-15(21)19(5-2)6-3/h7-10H,4-6,11-12H2,1-3H3,(H,17,18). The molecular weight excluding hydrogens is 264 g/mol. The van der Waals surface area contributed by atoms with E-state index in [-0.39, 0.29) is 5.91 Å². The van der Waals surface area contributed by atoms with Crippen LogP contribution in [0.5, 0.6) is 0 Å². The Morgan fingerprint density at radius 1 is 1.24 bits per heavy atom. The Morgan fingerprint density at radius 3 is 2.62 bits per heavy atom. The minimum atomic E-state index is 0.128. The zero-order valence-corrected chi connectivity index (χ0v) is 13.1. The second-order valence-electron chi connectivity index (χ2n) is 5.00. The van der Waals surface area contributed by atoms with Crippen molar-refractivity contribution in [3.05, 3.63) is 24.3 Å². The van der Waals surface area contributed by atoms with Gasteiger partial charge in [0.25, 0.3) is 0 Å². The van der Waals surface area contributed by atoms with Gasteiger partial charge in [-0.05, 0) is 32.4 Å². The number of anilines is 1. The molecule has 0 unspecified atom stereocenters. The van der Waals surface area contributed by atoms with Gasteiger partial charge in [-0.1, -0.05) is 19.1 Å². The first kappa shape index (κ1) is 15.4. The summed E-state index contributed by atoms with van der Waals surface area (Å²) in [6, 6.07) is 7.93. The fourth-order valence-corrected chi connectivity index (χ4v) is 2.42. The highest BCUT2D eigenvalue weighted by atomic mass is 16.2. The lowest BCUT2D eigenvalue weighted by molar-refractivity contribution is -0.131. The van der Waals surface area contributed by atoms with Crippen molar-refractivity contribution in [1.29, 1.82) is 0 Å². The lowest BCUT2D eigenvalue weighted by atomic mass is 10.3. The number of hydrogen-bond donors (Lipinski definition) is 1. The van der Waals surface area contributed by atoms with Gasteiger partial charge in [0, 0.05) is 19.6 Å². The summed E-state index contributed by atoms with van der Waals surface area (Å²) in [4.78, 5) is 18.8. The molecule has 5 nitrogen and oxygen atoms in total. The Morgan fingerprint density at radius 2 is 1.95 bits per heavy atom. The number of benzene rings is 1. The zero-order valence-electron chi connectivity index (χ0n) is 13.1. The van der Waals surface area contributed by atoms with Crippen LogP contribution >= 0.6 is 0 Å². The van der Waals surface area contributed by atoms with Gasteiger partial charge in [0.1, 0.15) is 6.54 Å². The topological polar surface area (TPSA) is 50.2 Å². The summed E-state index contributed by atoms with van der Waals surface area (Å²) in [6.07, 6.45) is 1.02. The summed E-state index contributed by atoms with van der Waals surface area (Å²) in [6.45, 7) is 8.77. The molecule has 0 atom stereocenters. The first-order chi connectivity index (χ1) is 10.2. The van der Waals surface area contributed by atoms with Gasteiger partial charge in [0.15, 0.2) is 0 Å². The van der Waals surface area contributed by atoms with Crippen molar-refractivity contribution in [1.82, 2.24) is 14.5 Å². The van der Waals surface area contributed by atoms with E-state index in [4.69, 9.17) is 0 Å². The number of para-hydroxylation sites is 2. The third-order valence-electron chi connectivity index (χ3n) is 3.60. The van der Waals surface area contributed by atoms with Crippen LogP contribution < -0.4 is 5.32 Å². The van der Waals surface area contributed by atoms with Crippen LogP contribution in [0.3, 0.4) is 0 Å². The molecule has 5 heteroatoms. The van der Waals surface area contributed by atoms with Crippen molar-refractivity contribution in [2.75, 3.05) is 25.0 Å². The van der Waals surface area contributed by atoms with Crippen molar-refractivity contribution in [3.63, 3.8) is 0 Å². The maximum Gasteiger partial charge on any atom is 0.242 e. The molecule has 2 rings (SSSR count). The van der Waals surface area contributed by atoms with Gasteiger partial charge in [-0.15, -0.1) is 0 Å². The number of rotatable bonds is 7. The quantitative estimate of drug-likeness (QED) is 0.852. The number of nitrogens with zero attached hydrogens (tertiary/aromatic N) is 3. The molecule has 0 spiro atoms. The highest BCUT2D eigenvalue weighted by Crippen LogP contribution is 2.19. The molecule has 0 aliphatic carbocycles. The van der Waals surface area contributed by atoms with Gasteiger partial charge >= 0.3 is 0 Å². The molecule has 0 aliphatic rings. The van der Waals surface area contributed by atoms with Crippen molar-refractivity contribution < 1.29 is 4.79 Å². The zero-order chi connectivity index (χ0) is 15.2. The fourth-order valence-electron chi connectivity index (χ4n) is 2.42. The summed E-state index contributed by atoms with van der Waals surface area (Å²) in [5.41, 5.74) is 1.92. The predicted octanol–water partition coefficient (Wildman–Crippen LogP) is 2.73. The molecule has 0 aliphatic heterocycles. The van der Waals surface area contributed by atoms with E-state index in [1.165, 1.54) is 0 Å². The van der Waals surface area contributed by atoms with Crippen LogP contribution in [-0.4, -0.2) is 40.0 Å². The molecule has 21 heavy (non-hydrogen) atoms. The molecule has 1 aromatic carbocycles. The minimum absolute atomic E-state index is 0.128. The first-order valence-corrected chi connectivity index (χ1v) is 7.68. The number of carbonyl (C=O) groups is 1. The van der Waals surface area contributed by atoms with E-state index in [0.717, 1.165) is 43.0 Å². The van der Waals surface area contributed by atoms with E-state index in [2.05, 4.69) is 17.2 Å². The molecule has 1 aromatic heterocycles. The molecule has 0 saturated heterocycles. The maximum atomic E-state index is 12.4. The number of likely N-dealkylation sites (N-methyl/N-ethyl adjacent to an activating group) is 1. The van der Waals surface area contributed by atoms with Crippen LogP contribution in [0.1, 0.15) is 27.2 Å². The number of carbonyl (C=O) groups excluding carboxylic acids is 1.